The number of thioether (sulfide) groups is 1. The van der Waals surface area contributed by atoms with E-state index in [0.29, 0.717) is 0 Å². The quantitative estimate of drug-likeness (QED) is 0.576. The Labute approximate surface area is 155 Å². The van der Waals surface area contributed by atoms with Crippen LogP contribution in [0.1, 0.15) is 18.1 Å². The molecular weight excluding hydrogens is 356 g/mol. The summed E-state index contributed by atoms with van der Waals surface area (Å²) in [6.07, 6.45) is 1.88. The number of rotatable bonds is 7. The van der Waals surface area contributed by atoms with E-state index in [0.717, 1.165) is 27.8 Å². The van der Waals surface area contributed by atoms with Crippen LogP contribution in [0.5, 0.6) is 0 Å². The van der Waals surface area contributed by atoms with Crippen LogP contribution in [0.3, 0.4) is 0 Å². The van der Waals surface area contributed by atoms with Crippen LogP contribution in [-0.2, 0) is 19.1 Å². The lowest BCUT2D eigenvalue weighted by Crippen LogP contribution is -2.41. The molecule has 1 aliphatic rings. The summed E-state index contributed by atoms with van der Waals surface area (Å²) >= 11 is 0.939. The number of carbonyl (C=O) groups is 4. The molecule has 26 heavy (non-hydrogen) atoms. The third-order valence-corrected chi connectivity index (χ3v) is 4.49. The van der Waals surface area contributed by atoms with Crippen LogP contribution in [0, 0.1) is 6.92 Å². The van der Waals surface area contributed by atoms with Crippen molar-refractivity contribution in [3.8, 4) is 0 Å². The maximum Gasteiger partial charge on any atom is 0.331 e. The molecule has 0 aliphatic carbocycles. The van der Waals surface area contributed by atoms with E-state index in [4.69, 9.17) is 4.74 Å². The van der Waals surface area contributed by atoms with E-state index in [2.05, 4.69) is 5.32 Å². The highest BCUT2D eigenvalue weighted by Crippen LogP contribution is 2.17. The lowest BCUT2D eigenvalue weighted by molar-refractivity contribution is -0.150. The number of carbonyl (C=O) groups excluding carboxylic acids is 4. The average molecular weight is 376 g/mol. The summed E-state index contributed by atoms with van der Waals surface area (Å²) < 4.78 is 5.03. The first-order valence-corrected chi connectivity index (χ1v) is 9.05. The maximum atomic E-state index is 11.9. The fourth-order valence-electron chi connectivity index (χ4n) is 2.14. The Kier molecular flexibility index (Phi) is 6.97. The van der Waals surface area contributed by atoms with Crippen LogP contribution >= 0.6 is 11.8 Å². The van der Waals surface area contributed by atoms with Crippen molar-refractivity contribution < 1.29 is 23.9 Å². The smallest absolute Gasteiger partial charge is 0.331 e. The molecule has 1 N–H and O–H groups in total. The van der Waals surface area contributed by atoms with E-state index in [1.54, 1.807) is 6.08 Å². The van der Waals surface area contributed by atoms with Crippen molar-refractivity contribution >= 4 is 40.9 Å². The number of hydrogen-bond acceptors (Lipinski definition) is 6. The van der Waals surface area contributed by atoms with Gasteiger partial charge in [0, 0.05) is 19.2 Å². The van der Waals surface area contributed by atoms with Crippen molar-refractivity contribution in [1.82, 2.24) is 10.2 Å². The molecule has 0 spiro atoms. The van der Waals surface area contributed by atoms with Gasteiger partial charge in [-0.15, -0.1) is 0 Å². The van der Waals surface area contributed by atoms with Gasteiger partial charge in [0.1, 0.15) is 0 Å². The number of amides is 3. The van der Waals surface area contributed by atoms with Gasteiger partial charge in [-0.3, -0.25) is 19.3 Å². The molecule has 0 bridgehead atoms. The largest absolute Gasteiger partial charge is 0.449 e. The van der Waals surface area contributed by atoms with Crippen molar-refractivity contribution in [2.45, 2.75) is 20.0 Å². The molecule has 1 heterocycles. The van der Waals surface area contributed by atoms with E-state index >= 15 is 0 Å². The van der Waals surface area contributed by atoms with Crippen molar-refractivity contribution in [2.24, 2.45) is 0 Å². The molecule has 1 aromatic rings. The Bertz CT molecular complexity index is 714. The van der Waals surface area contributed by atoms with Gasteiger partial charge in [0.15, 0.2) is 6.10 Å². The SMILES string of the molecule is Cc1ccc(/C=C/C(=O)O[C@H](C)C(=O)NCCN2C(=O)CSC2=O)cc1. The number of aryl methyl sites for hydroxylation is 1. The summed E-state index contributed by atoms with van der Waals surface area (Å²) in [5.41, 5.74) is 1.97. The molecule has 1 atom stereocenters. The Morgan fingerprint density at radius 1 is 1.31 bits per heavy atom. The number of ether oxygens (including phenoxy) is 1. The number of nitrogens with one attached hydrogen (secondary N) is 1. The summed E-state index contributed by atoms with van der Waals surface area (Å²) in [6.45, 7) is 3.63. The van der Waals surface area contributed by atoms with Crippen LogP contribution in [0.15, 0.2) is 30.3 Å². The highest BCUT2D eigenvalue weighted by molar-refractivity contribution is 8.14. The van der Waals surface area contributed by atoms with E-state index in [9.17, 15) is 19.2 Å². The average Bonchev–Trinajstić information content (AvgIpc) is 2.93. The Morgan fingerprint density at radius 2 is 2.00 bits per heavy atom. The van der Waals surface area contributed by atoms with Crippen molar-refractivity contribution in [2.75, 3.05) is 18.8 Å². The third-order valence-electron chi connectivity index (χ3n) is 3.63. The van der Waals surface area contributed by atoms with Crippen LogP contribution < -0.4 is 5.32 Å². The van der Waals surface area contributed by atoms with Crippen LogP contribution in [0.2, 0.25) is 0 Å². The highest BCUT2D eigenvalue weighted by Gasteiger charge is 2.29. The first-order chi connectivity index (χ1) is 12.4. The maximum absolute atomic E-state index is 11.9. The molecule has 1 fully saturated rings. The summed E-state index contributed by atoms with van der Waals surface area (Å²) in [7, 11) is 0. The van der Waals surface area contributed by atoms with Gasteiger partial charge in [-0.2, -0.15) is 0 Å². The topological polar surface area (TPSA) is 92.8 Å². The molecule has 3 amide bonds. The van der Waals surface area contributed by atoms with Crippen LogP contribution in [-0.4, -0.2) is 52.9 Å². The molecular formula is C18H20N2O5S. The number of imide groups is 1. The standard InChI is InChI=1S/C18H20N2O5S/c1-12-3-5-14(6-4-12)7-8-16(22)25-13(2)17(23)19-9-10-20-15(21)11-26-18(20)24/h3-8,13H,9-11H2,1-2H3,(H,19,23)/b8-7+/t13-/m1/s1. The van der Waals surface area contributed by atoms with Gasteiger partial charge in [0.2, 0.25) is 5.91 Å². The number of hydrogen-bond donors (Lipinski definition) is 1. The van der Waals surface area contributed by atoms with Crippen molar-refractivity contribution in [3.63, 3.8) is 0 Å². The fraction of sp³-hybridized carbons (Fsp3) is 0.333. The summed E-state index contributed by atoms with van der Waals surface area (Å²) in [5.74, 6) is -1.26. The molecule has 138 valence electrons. The predicted molar refractivity (Wildman–Crippen MR) is 98.3 cm³/mol. The van der Waals surface area contributed by atoms with E-state index in [-0.39, 0.29) is 30.0 Å². The minimum absolute atomic E-state index is 0.102. The van der Waals surface area contributed by atoms with Gasteiger partial charge < -0.3 is 10.1 Å². The van der Waals surface area contributed by atoms with Crippen LogP contribution in [0.25, 0.3) is 6.08 Å². The van der Waals surface area contributed by atoms with Crippen LogP contribution in [0.4, 0.5) is 4.79 Å². The summed E-state index contributed by atoms with van der Waals surface area (Å²) in [6, 6.07) is 7.59. The number of nitrogens with zero attached hydrogens (tertiary/aromatic N) is 1. The van der Waals surface area contributed by atoms with Crippen molar-refractivity contribution in [1.29, 1.82) is 0 Å². The number of benzene rings is 1. The first-order valence-electron chi connectivity index (χ1n) is 8.07. The predicted octanol–water partition coefficient (Wildman–Crippen LogP) is 1.75. The molecule has 1 aromatic carbocycles. The minimum atomic E-state index is -0.982. The monoisotopic (exact) mass is 376 g/mol. The van der Waals surface area contributed by atoms with E-state index in [1.807, 2.05) is 31.2 Å². The Hall–Kier alpha value is -2.61. The van der Waals surface area contributed by atoms with Gasteiger partial charge in [-0.25, -0.2) is 4.79 Å². The molecule has 1 saturated heterocycles. The summed E-state index contributed by atoms with van der Waals surface area (Å²) in [4.78, 5) is 47.7. The fourth-order valence-corrected chi connectivity index (χ4v) is 2.89. The molecule has 2 rings (SSSR count). The molecule has 1 aliphatic heterocycles. The molecule has 0 aromatic heterocycles. The van der Waals surface area contributed by atoms with Gasteiger partial charge in [-0.05, 0) is 25.5 Å². The van der Waals surface area contributed by atoms with Gasteiger partial charge in [0.05, 0.1) is 5.75 Å². The minimum Gasteiger partial charge on any atom is -0.449 e. The molecule has 8 heteroatoms. The van der Waals surface area contributed by atoms with Gasteiger partial charge in [0.25, 0.3) is 11.1 Å². The van der Waals surface area contributed by atoms with Crippen molar-refractivity contribution in [3.05, 3.63) is 41.5 Å². The summed E-state index contributed by atoms with van der Waals surface area (Å²) in [5, 5.41) is 2.23. The second-order valence-corrected chi connectivity index (χ2v) is 6.64. The highest BCUT2D eigenvalue weighted by atomic mass is 32.2. The zero-order valence-corrected chi connectivity index (χ0v) is 15.4. The Morgan fingerprint density at radius 3 is 2.62 bits per heavy atom. The van der Waals surface area contributed by atoms with Gasteiger partial charge >= 0.3 is 5.97 Å². The lowest BCUT2D eigenvalue weighted by atomic mass is 10.1. The zero-order valence-electron chi connectivity index (χ0n) is 14.6. The third kappa shape index (κ3) is 5.73. The zero-order chi connectivity index (χ0) is 19.1. The van der Waals surface area contributed by atoms with Gasteiger partial charge in [-0.1, -0.05) is 41.6 Å². The Balaban J connectivity index is 1.73. The molecule has 0 radical (unpaired) electrons. The molecule has 7 nitrogen and oxygen atoms in total. The molecule has 0 saturated carbocycles. The van der Waals surface area contributed by atoms with E-state index < -0.39 is 18.0 Å². The lowest BCUT2D eigenvalue weighted by Gasteiger charge is -2.15. The van der Waals surface area contributed by atoms with E-state index in [1.165, 1.54) is 13.0 Å². The number of esters is 1. The molecule has 0 unspecified atom stereocenters. The second kappa shape index (κ2) is 9.19. The normalized spacial score (nSPS) is 15.4. The first kappa shape index (κ1) is 19.7. The second-order valence-electron chi connectivity index (χ2n) is 5.71.